The summed E-state index contributed by atoms with van der Waals surface area (Å²) in [6.07, 6.45) is 0. The molecular weight excluding hydrogens is 408 g/mol. The van der Waals surface area contributed by atoms with Crippen LogP contribution < -0.4 is 8.92 Å². The Morgan fingerprint density at radius 1 is 0.857 bits per heavy atom. The number of carbonyl (C=O) groups excluding carboxylic acids is 1. The average Bonchev–Trinajstić information content (AvgIpc) is 2.57. The normalized spacial score (nSPS) is 11.0. The predicted octanol–water partition coefficient (Wildman–Crippen LogP) is 0.314. The van der Waals surface area contributed by atoms with Gasteiger partial charge in [-0.1, -0.05) is 0 Å². The van der Waals surface area contributed by atoms with Gasteiger partial charge in [0.1, 0.15) is 5.56 Å². The summed E-state index contributed by atoms with van der Waals surface area (Å²) in [6.45, 7) is 0. The molecule has 14 heteroatoms. The van der Waals surface area contributed by atoms with E-state index < -0.39 is 73.7 Å². The zero-order valence-corrected chi connectivity index (χ0v) is 14.0. The molecule has 0 fully saturated rings. The lowest BCUT2D eigenvalue weighted by atomic mass is 10.1. The summed E-state index contributed by atoms with van der Waals surface area (Å²) in [6, 6.07) is 1.53. The standard InChI is InChI=1S/C14H10O13S/c15-6-3-5(9(17)11(19)10(6)18)14(22)26-8-2-4(13(20)21)1-7(16)12(8)27-28(23,24)25/h1-3,15-19H,(H,20,21)(H,23,24,25). The molecule has 0 spiro atoms. The second kappa shape index (κ2) is 7.01. The van der Waals surface area contributed by atoms with Crippen LogP contribution in [-0.2, 0) is 10.4 Å². The lowest BCUT2D eigenvalue weighted by Gasteiger charge is -2.13. The van der Waals surface area contributed by atoms with Gasteiger partial charge in [0.2, 0.25) is 17.2 Å². The van der Waals surface area contributed by atoms with Crippen LogP contribution in [0.2, 0.25) is 0 Å². The van der Waals surface area contributed by atoms with Crippen LogP contribution in [0.15, 0.2) is 18.2 Å². The Bertz CT molecular complexity index is 1090. The van der Waals surface area contributed by atoms with Crippen LogP contribution in [0.1, 0.15) is 20.7 Å². The number of phenols is 5. The van der Waals surface area contributed by atoms with Crippen molar-refractivity contribution >= 4 is 22.3 Å². The van der Waals surface area contributed by atoms with E-state index in [0.29, 0.717) is 18.2 Å². The number of hydrogen-bond acceptors (Lipinski definition) is 11. The van der Waals surface area contributed by atoms with Crippen molar-refractivity contribution in [1.29, 1.82) is 0 Å². The van der Waals surface area contributed by atoms with E-state index in [1.165, 1.54) is 0 Å². The highest BCUT2D eigenvalue weighted by Crippen LogP contribution is 2.45. The molecule has 0 aliphatic heterocycles. The molecule has 7 N–H and O–H groups in total. The van der Waals surface area contributed by atoms with Crippen LogP contribution in [0.4, 0.5) is 0 Å². The minimum absolute atomic E-state index is 0.469. The van der Waals surface area contributed by atoms with Gasteiger partial charge in [-0.25, -0.2) is 9.59 Å². The molecule has 0 aromatic heterocycles. The van der Waals surface area contributed by atoms with E-state index in [1.54, 1.807) is 0 Å². The Balaban J connectivity index is 2.58. The van der Waals surface area contributed by atoms with Crippen molar-refractivity contribution in [3.63, 3.8) is 0 Å². The lowest BCUT2D eigenvalue weighted by molar-refractivity contribution is 0.0685. The number of rotatable bonds is 5. The molecule has 0 amide bonds. The lowest BCUT2D eigenvalue weighted by Crippen LogP contribution is -2.13. The number of benzene rings is 2. The molecule has 2 aromatic carbocycles. The SMILES string of the molecule is O=C(O)c1cc(O)c(OS(=O)(=O)O)c(OC(=O)c2cc(O)c(O)c(O)c2O)c1. The monoisotopic (exact) mass is 418 g/mol. The van der Waals surface area contributed by atoms with Gasteiger partial charge in [0.15, 0.2) is 23.0 Å². The molecular formula is C14H10O13S. The smallest absolute Gasteiger partial charge is 0.446 e. The third-order valence-electron chi connectivity index (χ3n) is 3.12. The zero-order valence-electron chi connectivity index (χ0n) is 13.2. The number of aromatic hydroxyl groups is 5. The minimum atomic E-state index is -5.24. The molecule has 0 unspecified atom stereocenters. The van der Waals surface area contributed by atoms with Gasteiger partial charge in [0.05, 0.1) is 5.56 Å². The molecule has 0 aliphatic rings. The van der Waals surface area contributed by atoms with Crippen LogP contribution in [0.3, 0.4) is 0 Å². The summed E-state index contributed by atoms with van der Waals surface area (Å²) in [4.78, 5) is 23.2. The summed E-state index contributed by atoms with van der Waals surface area (Å²) >= 11 is 0. The second-order valence-electron chi connectivity index (χ2n) is 5.02. The summed E-state index contributed by atoms with van der Waals surface area (Å²) in [7, 11) is -5.24. The van der Waals surface area contributed by atoms with Gasteiger partial charge in [-0.3, -0.25) is 4.55 Å². The van der Waals surface area contributed by atoms with Crippen molar-refractivity contribution in [3.8, 4) is 40.2 Å². The van der Waals surface area contributed by atoms with Crippen molar-refractivity contribution < 1.29 is 62.1 Å². The maximum absolute atomic E-state index is 12.2. The molecule has 2 rings (SSSR count). The van der Waals surface area contributed by atoms with Crippen LogP contribution >= 0.6 is 0 Å². The molecule has 0 aliphatic carbocycles. The fraction of sp³-hybridized carbons (Fsp3) is 0. The van der Waals surface area contributed by atoms with Gasteiger partial charge in [0.25, 0.3) is 0 Å². The first-order chi connectivity index (χ1) is 12.8. The predicted molar refractivity (Wildman–Crippen MR) is 85.3 cm³/mol. The molecule has 0 saturated heterocycles. The number of carbonyl (C=O) groups is 2. The number of esters is 1. The van der Waals surface area contributed by atoms with Crippen molar-refractivity contribution in [2.45, 2.75) is 0 Å². The van der Waals surface area contributed by atoms with Gasteiger partial charge in [-0.05, 0) is 12.1 Å². The van der Waals surface area contributed by atoms with E-state index >= 15 is 0 Å². The first kappa shape index (κ1) is 20.4. The molecule has 0 saturated carbocycles. The number of aromatic carboxylic acids is 1. The zero-order chi connectivity index (χ0) is 21.4. The van der Waals surface area contributed by atoms with Crippen LogP contribution in [0.5, 0.6) is 40.2 Å². The third kappa shape index (κ3) is 4.08. The highest BCUT2D eigenvalue weighted by molar-refractivity contribution is 7.81. The van der Waals surface area contributed by atoms with E-state index in [0.717, 1.165) is 0 Å². The molecule has 13 nitrogen and oxygen atoms in total. The van der Waals surface area contributed by atoms with E-state index in [2.05, 4.69) is 8.92 Å². The van der Waals surface area contributed by atoms with E-state index in [4.69, 9.17) is 9.66 Å². The largest absolute Gasteiger partial charge is 0.504 e. The molecule has 0 bridgehead atoms. The van der Waals surface area contributed by atoms with Crippen LogP contribution in [0.25, 0.3) is 0 Å². The second-order valence-corrected chi connectivity index (χ2v) is 6.04. The van der Waals surface area contributed by atoms with Crippen molar-refractivity contribution in [2.24, 2.45) is 0 Å². The number of hydrogen-bond donors (Lipinski definition) is 7. The fourth-order valence-corrected chi connectivity index (χ4v) is 2.30. The minimum Gasteiger partial charge on any atom is -0.504 e. The van der Waals surface area contributed by atoms with Crippen LogP contribution in [0, 0.1) is 0 Å². The number of phenolic OH excluding ortho intramolecular Hbond substituents is 5. The van der Waals surface area contributed by atoms with Crippen molar-refractivity contribution in [3.05, 3.63) is 29.3 Å². The summed E-state index contributed by atoms with van der Waals surface area (Å²) in [5.41, 5.74) is -1.63. The molecule has 2 aromatic rings. The summed E-state index contributed by atoms with van der Waals surface area (Å²) in [5, 5.41) is 56.5. The van der Waals surface area contributed by atoms with Gasteiger partial charge >= 0.3 is 22.3 Å². The maximum Gasteiger partial charge on any atom is 0.446 e. The summed E-state index contributed by atoms with van der Waals surface area (Å²) < 4.78 is 39.2. The van der Waals surface area contributed by atoms with Crippen molar-refractivity contribution in [2.75, 3.05) is 0 Å². The maximum atomic E-state index is 12.2. The summed E-state index contributed by atoms with van der Waals surface area (Å²) in [5.74, 6) is -11.3. The highest BCUT2D eigenvalue weighted by Gasteiger charge is 2.27. The average molecular weight is 418 g/mol. The van der Waals surface area contributed by atoms with Gasteiger partial charge in [-0.2, -0.15) is 8.42 Å². The Hall–Kier alpha value is -3.91. The Labute approximate surface area is 154 Å². The van der Waals surface area contributed by atoms with Gasteiger partial charge < -0.3 is 39.6 Å². The Morgan fingerprint density at radius 3 is 2.00 bits per heavy atom. The first-order valence-corrected chi connectivity index (χ1v) is 8.14. The molecule has 0 heterocycles. The van der Waals surface area contributed by atoms with E-state index in [-0.39, 0.29) is 0 Å². The van der Waals surface area contributed by atoms with E-state index in [1.807, 2.05) is 0 Å². The van der Waals surface area contributed by atoms with Gasteiger partial charge in [-0.15, -0.1) is 0 Å². The fourth-order valence-electron chi connectivity index (χ4n) is 1.92. The van der Waals surface area contributed by atoms with Gasteiger partial charge in [0, 0.05) is 6.07 Å². The molecule has 0 atom stereocenters. The Morgan fingerprint density at radius 2 is 1.46 bits per heavy atom. The van der Waals surface area contributed by atoms with Crippen molar-refractivity contribution in [1.82, 2.24) is 0 Å². The van der Waals surface area contributed by atoms with Crippen LogP contribution in [-0.4, -0.2) is 55.5 Å². The molecule has 0 radical (unpaired) electrons. The number of carboxylic acid groups (broad SMARTS) is 1. The number of carboxylic acids is 1. The topological polar surface area (TPSA) is 228 Å². The Kier molecular flexibility index (Phi) is 5.11. The quantitative estimate of drug-likeness (QED) is 0.114. The third-order valence-corrected chi connectivity index (χ3v) is 3.50. The first-order valence-electron chi connectivity index (χ1n) is 6.78. The molecule has 28 heavy (non-hydrogen) atoms. The highest BCUT2D eigenvalue weighted by atomic mass is 32.3. The molecule has 150 valence electrons. The van der Waals surface area contributed by atoms with E-state index in [9.17, 15) is 43.5 Å². The number of ether oxygens (including phenoxy) is 1.